The van der Waals surface area contributed by atoms with Crippen molar-refractivity contribution in [1.29, 1.82) is 0 Å². The van der Waals surface area contributed by atoms with Crippen LogP contribution < -0.4 is 10.2 Å². The van der Waals surface area contributed by atoms with Gasteiger partial charge in [-0.3, -0.25) is 9.59 Å². The number of nitrogens with one attached hydrogen (secondary N) is 1. The Labute approximate surface area is 149 Å². The summed E-state index contributed by atoms with van der Waals surface area (Å²) in [6.45, 7) is 4.39. The zero-order chi connectivity index (χ0) is 17.3. The summed E-state index contributed by atoms with van der Waals surface area (Å²) < 4.78 is 2.70. The molecule has 0 unspecified atom stereocenters. The molecule has 0 saturated carbocycles. The molecule has 2 heterocycles. The van der Waals surface area contributed by atoms with Crippen LogP contribution in [-0.2, 0) is 9.59 Å². The fraction of sp³-hybridized carbons (Fsp3) is 0.353. The fourth-order valence-electron chi connectivity index (χ4n) is 2.81. The Morgan fingerprint density at radius 3 is 2.67 bits per heavy atom. The van der Waals surface area contributed by atoms with Crippen LogP contribution in [0.15, 0.2) is 41.0 Å². The zero-order valence-electron chi connectivity index (χ0n) is 13.6. The van der Waals surface area contributed by atoms with E-state index in [1.54, 1.807) is 21.8 Å². The van der Waals surface area contributed by atoms with Crippen molar-refractivity contribution in [2.24, 2.45) is 5.92 Å². The lowest BCUT2D eigenvalue weighted by molar-refractivity contribution is -0.122. The average Bonchev–Trinajstić information content (AvgIpc) is 3.15. The summed E-state index contributed by atoms with van der Waals surface area (Å²) in [7, 11) is 0. The van der Waals surface area contributed by atoms with Gasteiger partial charge in [-0.25, -0.2) is 4.68 Å². The Balaban J connectivity index is 1.70. The molecule has 1 aromatic heterocycles. The molecule has 2 amide bonds. The second-order valence-corrected chi connectivity index (χ2v) is 7.04. The highest BCUT2D eigenvalue weighted by Crippen LogP contribution is 2.27. The number of anilines is 2. The first-order chi connectivity index (χ1) is 11.5. The molecule has 6 nitrogen and oxygen atoms in total. The first kappa shape index (κ1) is 16.7. The van der Waals surface area contributed by atoms with E-state index in [1.165, 1.54) is 0 Å². The lowest BCUT2D eigenvalue weighted by atomic mass is 10.1. The minimum atomic E-state index is -0.364. The molecular formula is C17H19BrN4O2. The van der Waals surface area contributed by atoms with Crippen molar-refractivity contribution in [3.8, 4) is 0 Å². The minimum absolute atomic E-state index is 0.0326. The largest absolute Gasteiger partial charge is 0.312 e. The van der Waals surface area contributed by atoms with E-state index in [0.29, 0.717) is 12.4 Å². The third-order valence-corrected chi connectivity index (χ3v) is 4.57. The van der Waals surface area contributed by atoms with Gasteiger partial charge in [0.2, 0.25) is 11.8 Å². The molecule has 24 heavy (non-hydrogen) atoms. The topological polar surface area (TPSA) is 67.2 Å². The Kier molecular flexibility index (Phi) is 4.71. The maximum absolute atomic E-state index is 12.5. The van der Waals surface area contributed by atoms with Crippen molar-refractivity contribution in [3.05, 3.63) is 41.0 Å². The summed E-state index contributed by atoms with van der Waals surface area (Å²) in [6, 6.07) is 9.43. The summed E-state index contributed by atoms with van der Waals surface area (Å²) in [5.74, 6) is 0.112. The van der Waals surface area contributed by atoms with E-state index < -0.39 is 0 Å². The Morgan fingerprint density at radius 2 is 2.00 bits per heavy atom. The van der Waals surface area contributed by atoms with Crippen LogP contribution in [0.4, 0.5) is 11.5 Å². The zero-order valence-corrected chi connectivity index (χ0v) is 15.2. The number of hydrogen-bond acceptors (Lipinski definition) is 3. The maximum Gasteiger partial charge on any atom is 0.230 e. The van der Waals surface area contributed by atoms with Crippen LogP contribution in [0.5, 0.6) is 0 Å². The third-order valence-electron chi connectivity index (χ3n) is 4.04. The van der Waals surface area contributed by atoms with Crippen LogP contribution in [-0.4, -0.2) is 28.1 Å². The van der Waals surface area contributed by atoms with Gasteiger partial charge in [-0.15, -0.1) is 0 Å². The summed E-state index contributed by atoms with van der Waals surface area (Å²) in [4.78, 5) is 26.5. The Hall–Kier alpha value is -2.15. The predicted octanol–water partition coefficient (Wildman–Crippen LogP) is 3.22. The molecule has 0 spiro atoms. The quantitative estimate of drug-likeness (QED) is 0.871. The van der Waals surface area contributed by atoms with E-state index in [-0.39, 0.29) is 30.2 Å². The van der Waals surface area contributed by atoms with E-state index in [1.807, 2.05) is 38.1 Å². The molecular weight excluding hydrogens is 372 g/mol. The standard InChI is InChI=1S/C17H19BrN4O2/c1-11(2)22-15(7-8-19-22)20-17(24)12-9-16(23)21(10-12)14-5-3-13(18)4-6-14/h3-8,11-12H,9-10H2,1-2H3,(H,20,24)/t12-/m0/s1. The third kappa shape index (κ3) is 3.36. The summed E-state index contributed by atoms with van der Waals surface area (Å²) in [6.07, 6.45) is 1.88. The van der Waals surface area contributed by atoms with Crippen molar-refractivity contribution in [2.75, 3.05) is 16.8 Å². The molecule has 1 N–H and O–H groups in total. The lowest BCUT2D eigenvalue weighted by Gasteiger charge is -2.17. The molecule has 1 aliphatic rings. The number of amides is 2. The highest BCUT2D eigenvalue weighted by Gasteiger charge is 2.35. The minimum Gasteiger partial charge on any atom is -0.312 e. The Bertz CT molecular complexity index is 754. The van der Waals surface area contributed by atoms with Crippen LogP contribution in [0.2, 0.25) is 0 Å². The highest BCUT2D eigenvalue weighted by atomic mass is 79.9. The molecule has 1 saturated heterocycles. The van der Waals surface area contributed by atoms with Gasteiger partial charge in [0, 0.05) is 35.2 Å². The van der Waals surface area contributed by atoms with Crippen molar-refractivity contribution >= 4 is 39.2 Å². The van der Waals surface area contributed by atoms with Gasteiger partial charge in [-0.1, -0.05) is 15.9 Å². The van der Waals surface area contributed by atoms with Gasteiger partial charge >= 0.3 is 0 Å². The smallest absolute Gasteiger partial charge is 0.230 e. The molecule has 7 heteroatoms. The summed E-state index contributed by atoms with van der Waals surface area (Å²) in [5.41, 5.74) is 0.811. The van der Waals surface area contributed by atoms with Gasteiger partial charge in [-0.2, -0.15) is 5.10 Å². The van der Waals surface area contributed by atoms with Crippen LogP contribution in [0.25, 0.3) is 0 Å². The second kappa shape index (κ2) is 6.76. The molecule has 1 atom stereocenters. The van der Waals surface area contributed by atoms with Crippen LogP contribution in [0.1, 0.15) is 26.3 Å². The molecule has 3 rings (SSSR count). The normalized spacial score (nSPS) is 17.6. The molecule has 1 aliphatic heterocycles. The SMILES string of the molecule is CC(C)n1nccc1NC(=O)[C@H]1CC(=O)N(c2ccc(Br)cc2)C1. The number of halogens is 1. The Morgan fingerprint density at radius 1 is 1.29 bits per heavy atom. The van der Waals surface area contributed by atoms with Gasteiger partial charge in [0.25, 0.3) is 0 Å². The van der Waals surface area contributed by atoms with Crippen molar-refractivity contribution in [1.82, 2.24) is 9.78 Å². The van der Waals surface area contributed by atoms with Gasteiger partial charge in [0.05, 0.1) is 12.1 Å². The predicted molar refractivity (Wildman–Crippen MR) is 95.8 cm³/mol. The number of rotatable bonds is 4. The molecule has 0 bridgehead atoms. The van der Waals surface area contributed by atoms with Gasteiger partial charge in [-0.05, 0) is 38.1 Å². The molecule has 2 aromatic rings. The van der Waals surface area contributed by atoms with Gasteiger partial charge in [0.1, 0.15) is 5.82 Å². The van der Waals surface area contributed by atoms with E-state index >= 15 is 0 Å². The number of benzene rings is 1. The highest BCUT2D eigenvalue weighted by molar-refractivity contribution is 9.10. The van der Waals surface area contributed by atoms with Crippen LogP contribution in [0, 0.1) is 5.92 Å². The van der Waals surface area contributed by atoms with Crippen molar-refractivity contribution in [3.63, 3.8) is 0 Å². The number of carbonyl (C=O) groups is 2. The summed E-state index contributed by atoms with van der Waals surface area (Å²) in [5, 5.41) is 7.09. The van der Waals surface area contributed by atoms with E-state index in [2.05, 4.69) is 26.3 Å². The van der Waals surface area contributed by atoms with Gasteiger partial charge < -0.3 is 10.2 Å². The first-order valence-electron chi connectivity index (χ1n) is 7.86. The molecule has 1 aromatic carbocycles. The molecule has 0 radical (unpaired) electrons. The summed E-state index contributed by atoms with van der Waals surface area (Å²) >= 11 is 3.38. The van der Waals surface area contributed by atoms with E-state index in [4.69, 9.17) is 0 Å². The van der Waals surface area contributed by atoms with Crippen molar-refractivity contribution < 1.29 is 9.59 Å². The number of carbonyl (C=O) groups excluding carboxylic acids is 2. The number of nitrogens with zero attached hydrogens (tertiary/aromatic N) is 3. The molecule has 126 valence electrons. The monoisotopic (exact) mass is 390 g/mol. The van der Waals surface area contributed by atoms with E-state index in [0.717, 1.165) is 10.2 Å². The average molecular weight is 391 g/mol. The molecule has 1 fully saturated rings. The van der Waals surface area contributed by atoms with Crippen molar-refractivity contribution in [2.45, 2.75) is 26.3 Å². The van der Waals surface area contributed by atoms with Crippen LogP contribution in [0.3, 0.4) is 0 Å². The lowest BCUT2D eigenvalue weighted by Crippen LogP contribution is -2.28. The maximum atomic E-state index is 12.5. The first-order valence-corrected chi connectivity index (χ1v) is 8.65. The molecule has 0 aliphatic carbocycles. The van der Waals surface area contributed by atoms with E-state index in [9.17, 15) is 9.59 Å². The van der Waals surface area contributed by atoms with Crippen LogP contribution >= 0.6 is 15.9 Å². The number of aromatic nitrogens is 2. The second-order valence-electron chi connectivity index (χ2n) is 6.13. The fourth-order valence-corrected chi connectivity index (χ4v) is 3.07. The number of hydrogen-bond donors (Lipinski definition) is 1. The van der Waals surface area contributed by atoms with Gasteiger partial charge in [0.15, 0.2) is 0 Å².